The Balaban J connectivity index is 1.34. The number of thioether (sulfide) groups is 1. The van der Waals surface area contributed by atoms with E-state index in [-0.39, 0.29) is 5.56 Å². The van der Waals surface area contributed by atoms with Crippen molar-refractivity contribution in [3.8, 4) is 27.6 Å². The van der Waals surface area contributed by atoms with E-state index in [0.29, 0.717) is 27.9 Å². The molecule has 7 nitrogen and oxygen atoms in total. The summed E-state index contributed by atoms with van der Waals surface area (Å²) in [5.74, 6) is 2.54. The Morgan fingerprint density at radius 2 is 1.97 bits per heavy atom. The van der Waals surface area contributed by atoms with Crippen LogP contribution in [0.3, 0.4) is 0 Å². The Bertz CT molecular complexity index is 1420. The fourth-order valence-electron chi connectivity index (χ4n) is 3.14. The summed E-state index contributed by atoms with van der Waals surface area (Å²) in [5, 5.41) is 10.5. The molecule has 0 fully saturated rings. The van der Waals surface area contributed by atoms with E-state index in [2.05, 4.69) is 38.1 Å². The van der Waals surface area contributed by atoms with Gasteiger partial charge in [-0.15, -0.1) is 27.8 Å². The van der Waals surface area contributed by atoms with E-state index in [9.17, 15) is 4.79 Å². The number of aryl methyl sites for hydroxylation is 1. The zero-order valence-corrected chi connectivity index (χ0v) is 19.1. The third-order valence-corrected chi connectivity index (χ3v) is 7.43. The lowest BCUT2D eigenvalue weighted by Gasteiger charge is -2.00. The molecular formula is C21H17N5O2S3. The summed E-state index contributed by atoms with van der Waals surface area (Å²) in [4.78, 5) is 27.9. The maximum Gasteiger partial charge on any atom is 0.260 e. The number of benzene rings is 1. The van der Waals surface area contributed by atoms with E-state index in [1.54, 1.807) is 18.4 Å². The third kappa shape index (κ3) is 4.01. The molecule has 5 aromatic rings. The Morgan fingerprint density at radius 3 is 2.71 bits per heavy atom. The first-order chi connectivity index (χ1) is 15.1. The van der Waals surface area contributed by atoms with Crippen molar-refractivity contribution in [1.82, 2.24) is 25.1 Å². The average molecular weight is 468 g/mol. The molecule has 0 aliphatic carbocycles. The number of rotatable bonds is 6. The minimum absolute atomic E-state index is 0.114. The molecule has 156 valence electrons. The van der Waals surface area contributed by atoms with Crippen molar-refractivity contribution in [3.05, 3.63) is 62.8 Å². The minimum atomic E-state index is -0.114. The van der Waals surface area contributed by atoms with Crippen LogP contribution < -0.4 is 10.3 Å². The lowest BCUT2D eigenvalue weighted by Crippen LogP contribution is -2.10. The van der Waals surface area contributed by atoms with Gasteiger partial charge in [-0.05, 0) is 43.3 Å². The van der Waals surface area contributed by atoms with Gasteiger partial charge < -0.3 is 9.72 Å². The fraction of sp³-hybridized carbons (Fsp3) is 0.143. The van der Waals surface area contributed by atoms with Gasteiger partial charge in [-0.25, -0.2) is 9.97 Å². The number of methoxy groups -OCH3 is 1. The highest BCUT2D eigenvalue weighted by Gasteiger charge is 2.15. The molecule has 1 aromatic carbocycles. The quantitative estimate of drug-likeness (QED) is 0.337. The van der Waals surface area contributed by atoms with Crippen LogP contribution in [0.4, 0.5) is 0 Å². The van der Waals surface area contributed by atoms with Gasteiger partial charge in [-0.1, -0.05) is 11.8 Å². The number of aromatic amines is 2. The van der Waals surface area contributed by atoms with E-state index in [4.69, 9.17) is 4.74 Å². The summed E-state index contributed by atoms with van der Waals surface area (Å²) in [6.07, 6.45) is 0. The fourth-order valence-corrected chi connectivity index (χ4v) is 5.74. The Morgan fingerprint density at radius 1 is 1.13 bits per heavy atom. The second kappa shape index (κ2) is 8.29. The highest BCUT2D eigenvalue weighted by atomic mass is 32.2. The lowest BCUT2D eigenvalue weighted by atomic mass is 10.2. The van der Waals surface area contributed by atoms with Crippen LogP contribution in [0.2, 0.25) is 0 Å². The van der Waals surface area contributed by atoms with Crippen LogP contribution in [0.25, 0.3) is 32.0 Å². The van der Waals surface area contributed by atoms with E-state index >= 15 is 0 Å². The molecule has 0 spiro atoms. The monoisotopic (exact) mass is 467 g/mol. The highest BCUT2D eigenvalue weighted by Crippen LogP contribution is 2.35. The highest BCUT2D eigenvalue weighted by molar-refractivity contribution is 7.98. The van der Waals surface area contributed by atoms with E-state index in [1.807, 2.05) is 35.7 Å². The molecule has 5 rings (SSSR count). The van der Waals surface area contributed by atoms with Gasteiger partial charge in [0.05, 0.1) is 18.2 Å². The number of nitrogens with zero attached hydrogens (tertiary/aromatic N) is 3. The number of fused-ring (bicyclic) bond motifs is 1. The average Bonchev–Trinajstić information content (AvgIpc) is 3.52. The van der Waals surface area contributed by atoms with Gasteiger partial charge in [-0.2, -0.15) is 0 Å². The van der Waals surface area contributed by atoms with Gasteiger partial charge in [0.25, 0.3) is 5.56 Å². The number of H-pyrrole nitrogens is 2. The summed E-state index contributed by atoms with van der Waals surface area (Å²) < 4.78 is 5.18. The molecule has 0 bridgehead atoms. The van der Waals surface area contributed by atoms with Crippen LogP contribution >= 0.6 is 34.4 Å². The molecule has 10 heteroatoms. The third-order valence-electron chi connectivity index (χ3n) is 4.67. The zero-order chi connectivity index (χ0) is 21.4. The summed E-state index contributed by atoms with van der Waals surface area (Å²) >= 11 is 4.59. The molecule has 0 atom stereocenters. The molecule has 0 saturated carbocycles. The summed E-state index contributed by atoms with van der Waals surface area (Å²) in [6.45, 7) is 2.06. The molecule has 4 heterocycles. The maximum atomic E-state index is 12.8. The van der Waals surface area contributed by atoms with Crippen molar-refractivity contribution in [3.63, 3.8) is 0 Å². The SMILES string of the molecule is COc1ccc(-c2nc(SCc3nc4scc(-c5ccc(C)s5)c4c(=O)[nH]3)n[nH]2)cc1. The van der Waals surface area contributed by atoms with E-state index in [1.165, 1.54) is 28.0 Å². The van der Waals surface area contributed by atoms with Gasteiger partial charge >= 0.3 is 0 Å². The van der Waals surface area contributed by atoms with E-state index in [0.717, 1.165) is 26.6 Å². The number of nitrogens with one attached hydrogen (secondary N) is 2. The van der Waals surface area contributed by atoms with Gasteiger partial charge in [0, 0.05) is 26.3 Å². The minimum Gasteiger partial charge on any atom is -0.497 e. The molecule has 0 aliphatic heterocycles. The van der Waals surface area contributed by atoms with Crippen molar-refractivity contribution >= 4 is 44.7 Å². The Hall–Kier alpha value is -2.95. The number of aromatic nitrogens is 5. The van der Waals surface area contributed by atoms with Gasteiger partial charge in [0.1, 0.15) is 16.4 Å². The van der Waals surface area contributed by atoms with Crippen molar-refractivity contribution in [2.24, 2.45) is 0 Å². The molecule has 31 heavy (non-hydrogen) atoms. The predicted octanol–water partition coefficient (Wildman–Crippen LogP) is 5.11. The van der Waals surface area contributed by atoms with Crippen molar-refractivity contribution in [2.45, 2.75) is 17.8 Å². The van der Waals surface area contributed by atoms with Gasteiger partial charge in [0.2, 0.25) is 5.16 Å². The second-order valence-corrected chi connectivity index (χ2v) is 9.82. The number of thiophene rings is 2. The van der Waals surface area contributed by atoms with Crippen LogP contribution in [-0.2, 0) is 5.75 Å². The van der Waals surface area contributed by atoms with Crippen LogP contribution in [0.5, 0.6) is 5.75 Å². The summed E-state index contributed by atoms with van der Waals surface area (Å²) in [5.41, 5.74) is 1.75. The van der Waals surface area contributed by atoms with Gasteiger partial charge in [-0.3, -0.25) is 9.89 Å². The van der Waals surface area contributed by atoms with Crippen LogP contribution in [0, 0.1) is 6.92 Å². The van der Waals surface area contributed by atoms with Crippen molar-refractivity contribution in [2.75, 3.05) is 7.11 Å². The first-order valence-electron chi connectivity index (χ1n) is 9.37. The second-order valence-electron chi connectivity index (χ2n) is 6.74. The molecule has 0 radical (unpaired) electrons. The maximum absolute atomic E-state index is 12.8. The number of ether oxygens (including phenoxy) is 1. The summed E-state index contributed by atoms with van der Waals surface area (Å²) in [6, 6.07) is 11.7. The predicted molar refractivity (Wildman–Crippen MR) is 126 cm³/mol. The summed E-state index contributed by atoms with van der Waals surface area (Å²) in [7, 11) is 1.63. The molecule has 2 N–H and O–H groups in total. The van der Waals surface area contributed by atoms with Crippen LogP contribution in [0.15, 0.2) is 51.7 Å². The normalized spacial score (nSPS) is 11.3. The van der Waals surface area contributed by atoms with Crippen LogP contribution in [0.1, 0.15) is 10.7 Å². The number of hydrogen-bond acceptors (Lipinski definition) is 8. The molecule has 0 saturated heterocycles. The standard InChI is InChI=1S/C21H17N5O2S3/c1-11-3-8-15(31-11)14-9-29-20-17(14)19(27)22-16(23-20)10-30-21-24-18(25-26-21)12-4-6-13(28-2)7-5-12/h3-9H,10H2,1-2H3,(H,22,23,27)(H,24,25,26). The Kier molecular flexibility index (Phi) is 5.34. The molecule has 0 aliphatic rings. The first kappa shape index (κ1) is 20.0. The molecule has 0 unspecified atom stereocenters. The van der Waals surface area contributed by atoms with Crippen molar-refractivity contribution < 1.29 is 4.74 Å². The van der Waals surface area contributed by atoms with Crippen molar-refractivity contribution in [1.29, 1.82) is 0 Å². The number of hydrogen-bond donors (Lipinski definition) is 2. The van der Waals surface area contributed by atoms with Crippen LogP contribution in [-0.4, -0.2) is 32.3 Å². The topological polar surface area (TPSA) is 96.6 Å². The molecule has 4 aromatic heterocycles. The molecular weight excluding hydrogens is 450 g/mol. The first-order valence-corrected chi connectivity index (χ1v) is 12.1. The lowest BCUT2D eigenvalue weighted by molar-refractivity contribution is 0.415. The zero-order valence-electron chi connectivity index (χ0n) is 16.6. The largest absolute Gasteiger partial charge is 0.497 e. The Labute approximate surface area is 189 Å². The molecule has 0 amide bonds. The van der Waals surface area contributed by atoms with E-state index < -0.39 is 0 Å². The van der Waals surface area contributed by atoms with Gasteiger partial charge in [0.15, 0.2) is 5.82 Å². The smallest absolute Gasteiger partial charge is 0.260 e.